The summed E-state index contributed by atoms with van der Waals surface area (Å²) in [6.07, 6.45) is 7.73. The Balaban J connectivity index is 2.16. The SMILES string of the molecule is Cc1cnn(CCC(=O)NC(C)CCCC(C)C)c1. The van der Waals surface area contributed by atoms with Crippen LogP contribution in [-0.2, 0) is 11.3 Å². The van der Waals surface area contributed by atoms with E-state index in [2.05, 4.69) is 31.2 Å². The topological polar surface area (TPSA) is 46.9 Å². The molecule has 1 aromatic rings. The van der Waals surface area contributed by atoms with Gasteiger partial charge in [-0.05, 0) is 31.7 Å². The van der Waals surface area contributed by atoms with Crippen LogP contribution in [0.4, 0.5) is 0 Å². The molecule has 1 amide bonds. The molecule has 4 heteroatoms. The van der Waals surface area contributed by atoms with Gasteiger partial charge in [-0.2, -0.15) is 5.10 Å². The molecule has 0 aromatic carbocycles. The molecule has 0 bridgehead atoms. The number of nitrogens with zero attached hydrogens (tertiary/aromatic N) is 2. The summed E-state index contributed by atoms with van der Waals surface area (Å²) in [6.45, 7) is 9.19. The molecule has 0 aliphatic rings. The van der Waals surface area contributed by atoms with Crippen LogP contribution in [0.3, 0.4) is 0 Å². The fourth-order valence-electron chi connectivity index (χ4n) is 2.06. The summed E-state index contributed by atoms with van der Waals surface area (Å²) in [5.41, 5.74) is 1.13. The largest absolute Gasteiger partial charge is 0.354 e. The highest BCUT2D eigenvalue weighted by Crippen LogP contribution is 2.08. The zero-order valence-electron chi connectivity index (χ0n) is 12.6. The first-order valence-electron chi connectivity index (χ1n) is 7.25. The first kappa shape index (κ1) is 15.7. The van der Waals surface area contributed by atoms with E-state index in [0.717, 1.165) is 17.9 Å². The Morgan fingerprint density at radius 3 is 2.68 bits per heavy atom. The highest BCUT2D eigenvalue weighted by atomic mass is 16.1. The molecule has 19 heavy (non-hydrogen) atoms. The molecule has 1 N–H and O–H groups in total. The molecule has 1 rings (SSSR count). The predicted octanol–water partition coefficient (Wildman–Crippen LogP) is 2.91. The molecule has 0 fully saturated rings. The van der Waals surface area contributed by atoms with Crippen molar-refractivity contribution in [2.75, 3.05) is 0 Å². The molecule has 1 aromatic heterocycles. The van der Waals surface area contributed by atoms with Crippen LogP contribution in [0, 0.1) is 12.8 Å². The van der Waals surface area contributed by atoms with E-state index in [1.807, 2.05) is 24.0 Å². The van der Waals surface area contributed by atoms with Gasteiger partial charge in [0.25, 0.3) is 0 Å². The fourth-order valence-corrected chi connectivity index (χ4v) is 2.06. The monoisotopic (exact) mass is 265 g/mol. The van der Waals surface area contributed by atoms with E-state index in [4.69, 9.17) is 0 Å². The van der Waals surface area contributed by atoms with Crippen molar-refractivity contribution in [2.45, 2.75) is 66.0 Å². The molecule has 1 unspecified atom stereocenters. The van der Waals surface area contributed by atoms with Gasteiger partial charge in [0, 0.05) is 25.2 Å². The Bertz CT molecular complexity index is 384. The van der Waals surface area contributed by atoms with Gasteiger partial charge in [-0.1, -0.05) is 26.7 Å². The zero-order valence-corrected chi connectivity index (χ0v) is 12.6. The van der Waals surface area contributed by atoms with Crippen LogP contribution >= 0.6 is 0 Å². The van der Waals surface area contributed by atoms with Crippen LogP contribution in [0.1, 0.15) is 52.0 Å². The van der Waals surface area contributed by atoms with Crippen LogP contribution in [-0.4, -0.2) is 21.7 Å². The standard InChI is InChI=1S/C15H27N3O/c1-12(2)6-5-7-14(4)17-15(19)8-9-18-11-13(3)10-16-18/h10-12,14H,5-9H2,1-4H3,(H,17,19). The number of carbonyl (C=O) groups excluding carboxylic acids is 1. The molecular formula is C15H27N3O. The Kier molecular flexibility index (Phi) is 6.60. The third kappa shape index (κ3) is 6.99. The molecule has 108 valence electrons. The van der Waals surface area contributed by atoms with Gasteiger partial charge in [0.2, 0.25) is 5.91 Å². The summed E-state index contributed by atoms with van der Waals surface area (Å²) in [6, 6.07) is 0.269. The van der Waals surface area contributed by atoms with Crippen molar-refractivity contribution >= 4 is 5.91 Å². The highest BCUT2D eigenvalue weighted by molar-refractivity contribution is 5.76. The minimum Gasteiger partial charge on any atom is -0.354 e. The van der Waals surface area contributed by atoms with Crippen molar-refractivity contribution in [3.05, 3.63) is 18.0 Å². The Morgan fingerprint density at radius 2 is 2.11 bits per heavy atom. The second-order valence-corrected chi connectivity index (χ2v) is 5.82. The molecule has 4 nitrogen and oxygen atoms in total. The second kappa shape index (κ2) is 7.97. The van der Waals surface area contributed by atoms with Crippen LogP contribution in [0.15, 0.2) is 12.4 Å². The second-order valence-electron chi connectivity index (χ2n) is 5.82. The average Bonchev–Trinajstić information content (AvgIpc) is 2.72. The molecule has 1 heterocycles. The van der Waals surface area contributed by atoms with Gasteiger partial charge in [0.05, 0.1) is 6.20 Å². The van der Waals surface area contributed by atoms with E-state index >= 15 is 0 Å². The molecule has 0 aliphatic carbocycles. The van der Waals surface area contributed by atoms with Crippen LogP contribution in [0.5, 0.6) is 0 Å². The lowest BCUT2D eigenvalue weighted by Crippen LogP contribution is -2.33. The molecule has 0 radical (unpaired) electrons. The minimum atomic E-state index is 0.116. The molecule has 0 saturated carbocycles. The molecule has 0 saturated heterocycles. The third-order valence-electron chi connectivity index (χ3n) is 3.16. The summed E-state index contributed by atoms with van der Waals surface area (Å²) in [5.74, 6) is 0.858. The van der Waals surface area contributed by atoms with E-state index in [1.54, 1.807) is 0 Å². The summed E-state index contributed by atoms with van der Waals surface area (Å²) in [5, 5.41) is 7.22. The van der Waals surface area contributed by atoms with Crippen molar-refractivity contribution < 1.29 is 4.79 Å². The number of rotatable bonds is 8. The van der Waals surface area contributed by atoms with E-state index < -0.39 is 0 Å². The summed E-state index contributed by atoms with van der Waals surface area (Å²) in [4.78, 5) is 11.8. The maximum Gasteiger partial charge on any atom is 0.222 e. The summed E-state index contributed by atoms with van der Waals surface area (Å²) < 4.78 is 1.82. The number of carbonyl (C=O) groups is 1. The Hall–Kier alpha value is -1.32. The van der Waals surface area contributed by atoms with Crippen molar-refractivity contribution in [3.8, 4) is 0 Å². The number of hydrogen-bond donors (Lipinski definition) is 1. The van der Waals surface area contributed by atoms with Gasteiger partial charge >= 0.3 is 0 Å². The van der Waals surface area contributed by atoms with E-state index in [1.165, 1.54) is 12.8 Å². The lowest BCUT2D eigenvalue weighted by molar-refractivity contribution is -0.122. The van der Waals surface area contributed by atoms with E-state index in [-0.39, 0.29) is 11.9 Å². The molecular weight excluding hydrogens is 238 g/mol. The van der Waals surface area contributed by atoms with E-state index in [9.17, 15) is 4.79 Å². The molecule has 0 spiro atoms. The Morgan fingerprint density at radius 1 is 1.37 bits per heavy atom. The van der Waals surface area contributed by atoms with E-state index in [0.29, 0.717) is 13.0 Å². The number of aryl methyl sites for hydroxylation is 2. The summed E-state index contributed by atoms with van der Waals surface area (Å²) in [7, 11) is 0. The fraction of sp³-hybridized carbons (Fsp3) is 0.733. The third-order valence-corrected chi connectivity index (χ3v) is 3.16. The first-order valence-corrected chi connectivity index (χ1v) is 7.25. The van der Waals surface area contributed by atoms with Gasteiger partial charge in [-0.15, -0.1) is 0 Å². The molecule has 0 aliphatic heterocycles. The number of amides is 1. The highest BCUT2D eigenvalue weighted by Gasteiger charge is 2.08. The van der Waals surface area contributed by atoms with Crippen LogP contribution < -0.4 is 5.32 Å². The number of aromatic nitrogens is 2. The first-order chi connectivity index (χ1) is 8.97. The smallest absolute Gasteiger partial charge is 0.222 e. The lowest BCUT2D eigenvalue weighted by Gasteiger charge is -2.14. The summed E-state index contributed by atoms with van der Waals surface area (Å²) >= 11 is 0. The maximum atomic E-state index is 11.8. The number of hydrogen-bond acceptors (Lipinski definition) is 2. The minimum absolute atomic E-state index is 0.116. The zero-order chi connectivity index (χ0) is 14.3. The van der Waals surface area contributed by atoms with Crippen LogP contribution in [0.2, 0.25) is 0 Å². The van der Waals surface area contributed by atoms with Crippen molar-refractivity contribution in [1.29, 1.82) is 0 Å². The van der Waals surface area contributed by atoms with Gasteiger partial charge in [0.1, 0.15) is 0 Å². The van der Waals surface area contributed by atoms with Crippen molar-refractivity contribution in [1.82, 2.24) is 15.1 Å². The maximum absolute atomic E-state index is 11.8. The molecule has 1 atom stereocenters. The number of nitrogens with one attached hydrogen (secondary N) is 1. The van der Waals surface area contributed by atoms with Crippen molar-refractivity contribution in [3.63, 3.8) is 0 Å². The van der Waals surface area contributed by atoms with Crippen molar-refractivity contribution in [2.24, 2.45) is 5.92 Å². The quantitative estimate of drug-likeness (QED) is 0.785. The van der Waals surface area contributed by atoms with Crippen LogP contribution in [0.25, 0.3) is 0 Å². The van der Waals surface area contributed by atoms with Gasteiger partial charge < -0.3 is 5.32 Å². The van der Waals surface area contributed by atoms with Gasteiger partial charge in [-0.3, -0.25) is 9.48 Å². The predicted molar refractivity (Wildman–Crippen MR) is 77.9 cm³/mol. The van der Waals surface area contributed by atoms with Gasteiger partial charge in [-0.25, -0.2) is 0 Å². The van der Waals surface area contributed by atoms with Gasteiger partial charge in [0.15, 0.2) is 0 Å². The normalized spacial score (nSPS) is 12.7. The average molecular weight is 265 g/mol. The Labute approximate surface area is 116 Å². The lowest BCUT2D eigenvalue weighted by atomic mass is 10.0.